The van der Waals surface area contributed by atoms with E-state index in [4.69, 9.17) is 15.0 Å². The molecule has 13 aromatic rings. The van der Waals surface area contributed by atoms with Crippen LogP contribution >= 0.6 is 11.3 Å². The van der Waals surface area contributed by atoms with Gasteiger partial charge in [0.2, 0.25) is 0 Å². The summed E-state index contributed by atoms with van der Waals surface area (Å²) in [6.45, 7) is 0. The third kappa shape index (κ3) is 5.93. The summed E-state index contributed by atoms with van der Waals surface area (Å²) in [7, 11) is 0. The zero-order chi connectivity index (χ0) is 42.1. The van der Waals surface area contributed by atoms with Crippen LogP contribution in [0.15, 0.2) is 218 Å². The van der Waals surface area contributed by atoms with E-state index in [1.54, 1.807) is 0 Å². The van der Waals surface area contributed by atoms with Crippen LogP contribution in [0, 0.1) is 0 Å². The van der Waals surface area contributed by atoms with Crippen LogP contribution in [-0.4, -0.2) is 19.5 Å². The summed E-state index contributed by atoms with van der Waals surface area (Å²) in [5, 5.41) is 8.50. The monoisotopic (exact) mass is 832 g/mol. The number of hydrogen-bond donors (Lipinski definition) is 0. The first-order chi connectivity index (χ1) is 31.7. The van der Waals surface area contributed by atoms with Gasteiger partial charge in [-0.15, -0.1) is 11.3 Å². The Morgan fingerprint density at radius 1 is 0.359 bits per heavy atom. The molecular formula is C59H36N4S. The molecule has 0 fully saturated rings. The molecule has 0 bridgehead atoms. The topological polar surface area (TPSA) is 43.6 Å². The van der Waals surface area contributed by atoms with Crippen molar-refractivity contribution in [2.45, 2.75) is 0 Å². The van der Waals surface area contributed by atoms with Crippen LogP contribution in [0.2, 0.25) is 0 Å². The lowest BCUT2D eigenvalue weighted by atomic mass is 9.96. The van der Waals surface area contributed by atoms with Crippen LogP contribution in [0.4, 0.5) is 0 Å². The van der Waals surface area contributed by atoms with Crippen molar-refractivity contribution in [3.8, 4) is 62.0 Å². The minimum atomic E-state index is 0.690. The predicted octanol–water partition coefficient (Wildman–Crippen LogP) is 16.0. The van der Waals surface area contributed by atoms with E-state index in [1.165, 1.54) is 58.1 Å². The Labute approximate surface area is 373 Å². The normalized spacial score (nSPS) is 11.8. The molecule has 0 aliphatic rings. The molecule has 0 atom stereocenters. The summed E-state index contributed by atoms with van der Waals surface area (Å²) >= 11 is 1.86. The highest BCUT2D eigenvalue weighted by atomic mass is 32.1. The molecule has 4 nitrogen and oxygen atoms in total. The van der Waals surface area contributed by atoms with Crippen molar-refractivity contribution in [3.05, 3.63) is 218 Å². The second kappa shape index (κ2) is 14.7. The summed E-state index contributed by atoms with van der Waals surface area (Å²) in [5.41, 5.74) is 13.6. The molecule has 9 aromatic carbocycles. The summed E-state index contributed by atoms with van der Waals surface area (Å²) in [5.74, 6) is 0.690. The molecule has 4 aromatic heterocycles. The maximum atomic E-state index is 5.52. The molecule has 0 radical (unpaired) electrons. The highest BCUT2D eigenvalue weighted by Crippen LogP contribution is 2.45. The fraction of sp³-hybridized carbons (Fsp3) is 0. The van der Waals surface area contributed by atoms with Crippen molar-refractivity contribution in [2.24, 2.45) is 0 Å². The standard InChI is InChI=1S/C59H36N4S/c1-2-15-40(16-3-1)59-60-50(36-51(61-59)42-18-13-20-44(35-42)63-52-25-9-6-22-46(52)47-23-7-10-26-53(47)63)39-30-28-37(29-31-39)41-17-12-19-43(34-41)56-55-48-24-8-11-27-54(48)64-58(55)49-33-32-38-14-4-5-21-45(38)57(49)62-56/h1-36H. The van der Waals surface area contributed by atoms with Gasteiger partial charge in [-0.2, -0.15) is 0 Å². The Morgan fingerprint density at radius 2 is 0.969 bits per heavy atom. The van der Waals surface area contributed by atoms with Gasteiger partial charge in [-0.3, -0.25) is 0 Å². The van der Waals surface area contributed by atoms with E-state index in [9.17, 15) is 0 Å². The molecule has 0 N–H and O–H groups in total. The number of aromatic nitrogens is 4. The average Bonchev–Trinajstić information content (AvgIpc) is 3.93. The van der Waals surface area contributed by atoms with Gasteiger partial charge >= 0.3 is 0 Å². The number of para-hydroxylation sites is 2. The molecule has 0 aliphatic heterocycles. The minimum Gasteiger partial charge on any atom is -0.309 e. The molecule has 0 unspecified atom stereocenters. The summed E-state index contributed by atoms with van der Waals surface area (Å²) < 4.78 is 4.90. The van der Waals surface area contributed by atoms with Crippen molar-refractivity contribution in [2.75, 3.05) is 0 Å². The van der Waals surface area contributed by atoms with Gasteiger partial charge < -0.3 is 4.57 Å². The molecule has 13 rings (SSSR count). The van der Waals surface area contributed by atoms with E-state index in [0.717, 1.165) is 61.7 Å². The average molecular weight is 833 g/mol. The Bertz CT molecular complexity index is 3900. The summed E-state index contributed by atoms with van der Waals surface area (Å²) in [6, 6.07) is 77.7. The van der Waals surface area contributed by atoms with Gasteiger partial charge in [0.05, 0.1) is 33.6 Å². The first kappa shape index (κ1) is 36.4. The van der Waals surface area contributed by atoms with Crippen molar-refractivity contribution in [1.29, 1.82) is 0 Å². The van der Waals surface area contributed by atoms with Gasteiger partial charge in [0.25, 0.3) is 0 Å². The van der Waals surface area contributed by atoms with Crippen LogP contribution in [0.1, 0.15) is 0 Å². The van der Waals surface area contributed by atoms with Crippen molar-refractivity contribution in [3.63, 3.8) is 0 Å². The lowest BCUT2D eigenvalue weighted by Gasteiger charge is -2.13. The van der Waals surface area contributed by atoms with E-state index in [2.05, 4.69) is 205 Å². The first-order valence-corrected chi connectivity index (χ1v) is 22.4. The highest BCUT2D eigenvalue weighted by molar-refractivity contribution is 7.26. The molecule has 0 amide bonds. The van der Waals surface area contributed by atoms with E-state index in [0.29, 0.717) is 5.82 Å². The minimum absolute atomic E-state index is 0.690. The molecular weight excluding hydrogens is 797 g/mol. The number of benzene rings is 9. The fourth-order valence-electron chi connectivity index (χ4n) is 9.55. The number of hydrogen-bond acceptors (Lipinski definition) is 4. The van der Waals surface area contributed by atoms with Crippen LogP contribution in [0.25, 0.3) is 126 Å². The van der Waals surface area contributed by atoms with Crippen molar-refractivity contribution < 1.29 is 0 Å². The van der Waals surface area contributed by atoms with E-state index < -0.39 is 0 Å². The number of pyridine rings is 1. The Morgan fingerprint density at radius 3 is 1.77 bits per heavy atom. The number of rotatable bonds is 6. The van der Waals surface area contributed by atoms with Gasteiger partial charge in [0.1, 0.15) is 0 Å². The molecule has 298 valence electrons. The maximum absolute atomic E-state index is 5.52. The van der Waals surface area contributed by atoms with Crippen molar-refractivity contribution in [1.82, 2.24) is 19.5 Å². The summed E-state index contributed by atoms with van der Waals surface area (Å²) in [4.78, 5) is 15.9. The molecule has 0 saturated carbocycles. The zero-order valence-electron chi connectivity index (χ0n) is 34.5. The predicted molar refractivity (Wildman–Crippen MR) is 269 cm³/mol. The van der Waals surface area contributed by atoms with Crippen LogP contribution in [0.5, 0.6) is 0 Å². The quantitative estimate of drug-likeness (QED) is 0.157. The molecule has 0 spiro atoms. The zero-order valence-corrected chi connectivity index (χ0v) is 35.3. The van der Waals surface area contributed by atoms with E-state index in [-0.39, 0.29) is 0 Å². The third-order valence-electron chi connectivity index (χ3n) is 12.6. The molecule has 4 heterocycles. The van der Waals surface area contributed by atoms with Gasteiger partial charge in [0, 0.05) is 69.7 Å². The SMILES string of the molecule is c1ccc(-c2nc(-c3ccc(-c4cccc(-c5nc6c7ccccc7ccc6c6sc7ccccc7c56)c4)cc3)cc(-c3cccc(-n4c5ccccc5c5ccccc54)c3)n2)cc1. The van der Waals surface area contributed by atoms with Crippen molar-refractivity contribution >= 4 is 75.0 Å². The Hall–Kier alpha value is -8.25. The largest absolute Gasteiger partial charge is 0.309 e. The van der Waals surface area contributed by atoms with Gasteiger partial charge in [-0.1, -0.05) is 176 Å². The second-order valence-electron chi connectivity index (χ2n) is 16.4. The lowest BCUT2D eigenvalue weighted by molar-refractivity contribution is 1.16. The number of thiophene rings is 1. The Balaban J connectivity index is 0.910. The molecule has 64 heavy (non-hydrogen) atoms. The molecule has 0 aliphatic carbocycles. The number of nitrogens with zero attached hydrogens (tertiary/aromatic N) is 4. The van der Waals surface area contributed by atoms with Gasteiger partial charge in [-0.25, -0.2) is 15.0 Å². The first-order valence-electron chi connectivity index (χ1n) is 21.6. The van der Waals surface area contributed by atoms with Crippen LogP contribution < -0.4 is 0 Å². The maximum Gasteiger partial charge on any atom is 0.160 e. The third-order valence-corrected chi connectivity index (χ3v) is 13.8. The van der Waals surface area contributed by atoms with Crippen LogP contribution in [0.3, 0.4) is 0 Å². The molecule has 5 heteroatoms. The fourth-order valence-corrected chi connectivity index (χ4v) is 10.8. The smallest absolute Gasteiger partial charge is 0.160 e. The van der Waals surface area contributed by atoms with Gasteiger partial charge in [0.15, 0.2) is 5.82 Å². The summed E-state index contributed by atoms with van der Waals surface area (Å²) in [6.07, 6.45) is 0. The van der Waals surface area contributed by atoms with Crippen LogP contribution in [-0.2, 0) is 0 Å². The second-order valence-corrected chi connectivity index (χ2v) is 17.4. The Kier molecular flexibility index (Phi) is 8.36. The van der Waals surface area contributed by atoms with Gasteiger partial charge in [-0.05, 0) is 59.0 Å². The highest BCUT2D eigenvalue weighted by Gasteiger charge is 2.19. The molecule has 0 saturated heterocycles. The van der Waals surface area contributed by atoms with E-state index >= 15 is 0 Å². The van der Waals surface area contributed by atoms with E-state index in [1.807, 2.05) is 29.5 Å². The lowest BCUT2D eigenvalue weighted by Crippen LogP contribution is -1.98. The number of fused-ring (bicyclic) bond motifs is 10.